The average Bonchev–Trinajstić information content (AvgIpc) is 2.83. The molecular weight excluding hydrogens is 276 g/mol. The number of nitrogens with zero attached hydrogens (tertiary/aromatic N) is 2. The molecule has 0 aliphatic heterocycles. The van der Waals surface area contributed by atoms with Crippen LogP contribution in [0.5, 0.6) is 5.88 Å². The predicted octanol–water partition coefficient (Wildman–Crippen LogP) is 2.86. The largest absolute Gasteiger partial charge is 0.473 e. The fourth-order valence-corrected chi connectivity index (χ4v) is 1.71. The molecule has 0 atom stereocenters. The lowest BCUT2D eigenvalue weighted by Gasteiger charge is -2.11. The van der Waals surface area contributed by atoms with Crippen LogP contribution in [-0.4, -0.2) is 9.78 Å². The highest BCUT2D eigenvalue weighted by molar-refractivity contribution is 5.20. The third kappa shape index (κ3) is 4.01. The zero-order chi connectivity index (χ0) is 19.0. The molecule has 21 heavy (non-hydrogen) atoms. The van der Waals surface area contributed by atoms with Gasteiger partial charge in [0.1, 0.15) is 18.2 Å². The van der Waals surface area contributed by atoms with Gasteiger partial charge in [-0.1, -0.05) is 13.8 Å². The number of hydrogen-bond donors (Lipinski definition) is 1. The second kappa shape index (κ2) is 6.67. The van der Waals surface area contributed by atoms with E-state index in [-0.39, 0.29) is 17.5 Å². The molecule has 2 aromatic rings. The van der Waals surface area contributed by atoms with Crippen LogP contribution in [0.3, 0.4) is 0 Å². The van der Waals surface area contributed by atoms with Gasteiger partial charge in [-0.05, 0) is 24.1 Å². The Hall–Kier alpha value is -1.95. The fraction of sp³-hybridized carbons (Fsp3) is 0.400. The van der Waals surface area contributed by atoms with Crippen LogP contribution in [0.1, 0.15) is 30.6 Å². The number of rotatable bonds is 6. The number of benzene rings is 1. The molecule has 1 aromatic heterocycles. The highest BCUT2D eigenvalue weighted by Gasteiger charge is 2.11. The Bertz CT molecular complexity index is 760. The zero-order valence-corrected chi connectivity index (χ0v) is 11.7. The predicted molar refractivity (Wildman–Crippen MR) is 75.6 cm³/mol. The molecule has 0 saturated carbocycles. The summed E-state index contributed by atoms with van der Waals surface area (Å²) < 4.78 is 64.7. The van der Waals surface area contributed by atoms with E-state index in [0.29, 0.717) is 12.6 Å². The molecule has 0 saturated heterocycles. The van der Waals surface area contributed by atoms with Gasteiger partial charge in [-0.25, -0.2) is 13.5 Å². The summed E-state index contributed by atoms with van der Waals surface area (Å²) in [4.78, 5) is 0. The number of hydrogen-bond acceptors (Lipinski definition) is 3. The van der Waals surface area contributed by atoms with Gasteiger partial charge in [0, 0.05) is 27.4 Å². The van der Waals surface area contributed by atoms with E-state index in [0.717, 1.165) is 18.2 Å². The van der Waals surface area contributed by atoms with E-state index in [4.69, 9.17) is 16.0 Å². The highest BCUT2D eigenvalue weighted by atomic mass is 19.1. The molecular formula is C15H19F2N3O. The quantitative estimate of drug-likeness (QED) is 0.892. The third-order valence-electron chi connectivity index (χ3n) is 2.62. The van der Waals surface area contributed by atoms with E-state index in [1.165, 1.54) is 4.68 Å². The topological polar surface area (TPSA) is 53.1 Å². The van der Waals surface area contributed by atoms with Crippen LogP contribution < -0.4 is 10.5 Å². The summed E-state index contributed by atoms with van der Waals surface area (Å²) in [7, 11) is 0. The van der Waals surface area contributed by atoms with Gasteiger partial charge in [0.25, 0.3) is 0 Å². The summed E-state index contributed by atoms with van der Waals surface area (Å²) in [6.07, 6.45) is 0. The second-order valence-electron chi connectivity index (χ2n) is 4.92. The Balaban J connectivity index is 2.43. The van der Waals surface area contributed by atoms with Crippen molar-refractivity contribution in [2.45, 2.75) is 33.4 Å². The van der Waals surface area contributed by atoms with Crippen molar-refractivity contribution in [2.24, 2.45) is 11.7 Å². The molecule has 2 N–H and O–H groups in total. The monoisotopic (exact) mass is 299 g/mol. The Morgan fingerprint density at radius 1 is 1.38 bits per heavy atom. The van der Waals surface area contributed by atoms with Crippen LogP contribution in [-0.2, 0) is 19.6 Å². The van der Waals surface area contributed by atoms with Crippen LogP contribution in [0.4, 0.5) is 8.78 Å². The summed E-state index contributed by atoms with van der Waals surface area (Å²) in [5.74, 6) is -1.81. The minimum Gasteiger partial charge on any atom is -0.473 e. The average molecular weight is 299 g/mol. The van der Waals surface area contributed by atoms with Gasteiger partial charge in [0.05, 0.1) is 8.44 Å². The van der Waals surface area contributed by atoms with Gasteiger partial charge in [-0.3, -0.25) is 0 Å². The number of nitrogens with two attached hydrogens (primary N) is 1. The summed E-state index contributed by atoms with van der Waals surface area (Å²) in [5.41, 5.74) is 4.62. The standard InChI is InChI=1S/C15H19F2N3O/c1-10(2)8-20-15(6-13(7-18)19-20)21-9-11-5-12(16)3-4-14(11)17/h3-6,10H,7-9,18H2,1-2H3/i7D2,9D2. The van der Waals surface area contributed by atoms with Crippen molar-refractivity contribution >= 4 is 0 Å². The summed E-state index contributed by atoms with van der Waals surface area (Å²) >= 11 is 0. The molecule has 1 heterocycles. The summed E-state index contributed by atoms with van der Waals surface area (Å²) in [6, 6.07) is 3.54. The van der Waals surface area contributed by atoms with E-state index in [9.17, 15) is 8.78 Å². The smallest absolute Gasteiger partial charge is 0.212 e. The molecule has 2 rings (SSSR count). The van der Waals surface area contributed by atoms with E-state index >= 15 is 0 Å². The van der Waals surface area contributed by atoms with Gasteiger partial charge in [-0.15, -0.1) is 0 Å². The number of ether oxygens (including phenoxy) is 1. The minimum absolute atomic E-state index is 0.0931. The minimum atomic E-state index is -2.69. The molecule has 0 fully saturated rings. The van der Waals surface area contributed by atoms with Crippen LogP contribution in [0, 0.1) is 17.6 Å². The van der Waals surface area contributed by atoms with Crippen molar-refractivity contribution < 1.29 is 19.0 Å². The molecule has 114 valence electrons. The van der Waals surface area contributed by atoms with Crippen molar-refractivity contribution in [3.8, 4) is 5.88 Å². The van der Waals surface area contributed by atoms with Gasteiger partial charge in [0.15, 0.2) is 0 Å². The lowest BCUT2D eigenvalue weighted by Crippen LogP contribution is -2.10. The molecule has 6 heteroatoms. The first kappa shape index (κ1) is 10.7. The molecule has 0 aliphatic rings. The molecule has 0 unspecified atom stereocenters. The van der Waals surface area contributed by atoms with Crippen LogP contribution in [0.25, 0.3) is 0 Å². The van der Waals surface area contributed by atoms with Crippen molar-refractivity contribution in [3.63, 3.8) is 0 Å². The maximum atomic E-state index is 13.9. The number of aromatic nitrogens is 2. The molecule has 1 aromatic carbocycles. The molecule has 0 aliphatic carbocycles. The van der Waals surface area contributed by atoms with Gasteiger partial charge in [-0.2, -0.15) is 5.10 Å². The van der Waals surface area contributed by atoms with Crippen molar-refractivity contribution in [2.75, 3.05) is 0 Å². The Morgan fingerprint density at radius 3 is 2.81 bits per heavy atom. The van der Waals surface area contributed by atoms with Gasteiger partial charge < -0.3 is 10.5 Å². The first-order valence-corrected chi connectivity index (χ1v) is 6.42. The lowest BCUT2D eigenvalue weighted by atomic mass is 10.2. The van der Waals surface area contributed by atoms with E-state index < -0.39 is 30.3 Å². The Kier molecular flexibility index (Phi) is 3.41. The Labute approximate surface area is 128 Å². The van der Waals surface area contributed by atoms with Crippen LogP contribution in [0.15, 0.2) is 24.3 Å². The third-order valence-corrected chi connectivity index (χ3v) is 2.62. The maximum absolute atomic E-state index is 13.9. The highest BCUT2D eigenvalue weighted by Crippen LogP contribution is 2.18. The first-order chi connectivity index (χ1) is 11.4. The Morgan fingerprint density at radius 2 is 2.14 bits per heavy atom. The molecule has 4 nitrogen and oxygen atoms in total. The van der Waals surface area contributed by atoms with Crippen molar-refractivity contribution in [3.05, 3.63) is 47.2 Å². The zero-order valence-electron chi connectivity index (χ0n) is 15.7. The van der Waals surface area contributed by atoms with Gasteiger partial charge in [0.2, 0.25) is 5.88 Å². The van der Waals surface area contributed by atoms with Crippen molar-refractivity contribution in [1.29, 1.82) is 0 Å². The van der Waals surface area contributed by atoms with E-state index in [2.05, 4.69) is 5.10 Å². The van der Waals surface area contributed by atoms with Gasteiger partial charge >= 0.3 is 0 Å². The molecule has 0 bridgehead atoms. The first-order valence-electron chi connectivity index (χ1n) is 8.42. The van der Waals surface area contributed by atoms with E-state index in [1.54, 1.807) is 0 Å². The maximum Gasteiger partial charge on any atom is 0.212 e. The SMILES string of the molecule is [2H]C([2H])(N)c1cc(OC([2H])([2H])c2cc(F)ccc2F)n(CC(C)C)n1. The summed E-state index contributed by atoms with van der Waals surface area (Å²) in [5, 5.41) is 4.00. The van der Waals surface area contributed by atoms with Crippen LogP contribution in [0.2, 0.25) is 0 Å². The second-order valence-corrected chi connectivity index (χ2v) is 4.92. The van der Waals surface area contributed by atoms with Crippen molar-refractivity contribution in [1.82, 2.24) is 9.78 Å². The molecule has 0 radical (unpaired) electrons. The lowest BCUT2D eigenvalue weighted by molar-refractivity contribution is 0.260. The van der Waals surface area contributed by atoms with E-state index in [1.807, 2.05) is 13.8 Å². The summed E-state index contributed by atoms with van der Waals surface area (Å²) in [6.45, 7) is -0.893. The molecule has 0 amide bonds. The number of halogens is 2. The fourth-order valence-electron chi connectivity index (χ4n) is 1.71. The molecule has 0 spiro atoms. The van der Waals surface area contributed by atoms with Crippen LogP contribution >= 0.6 is 0 Å². The normalized spacial score (nSPS) is 15.3.